The molecule has 3 heterocycles. The highest BCUT2D eigenvalue weighted by Gasteiger charge is 2.25. The van der Waals surface area contributed by atoms with Gasteiger partial charge in [0.2, 0.25) is 5.88 Å². The van der Waals surface area contributed by atoms with Gasteiger partial charge in [-0.1, -0.05) is 47.5 Å². The van der Waals surface area contributed by atoms with Gasteiger partial charge in [-0.3, -0.25) is 9.83 Å². The number of benzene rings is 2. The van der Waals surface area contributed by atoms with Gasteiger partial charge >= 0.3 is 0 Å². The summed E-state index contributed by atoms with van der Waals surface area (Å²) in [7, 11) is 0. The summed E-state index contributed by atoms with van der Waals surface area (Å²) >= 11 is 6.26. The van der Waals surface area contributed by atoms with Crippen LogP contribution < -0.4 is 10.2 Å². The molecule has 2 aromatic heterocycles. The maximum absolute atomic E-state index is 6.33. The molecule has 1 fully saturated rings. The molecule has 35 heavy (non-hydrogen) atoms. The summed E-state index contributed by atoms with van der Waals surface area (Å²) in [6.07, 6.45) is 5.04. The number of aliphatic imine (C=N–C) groups is 1. The van der Waals surface area contributed by atoms with Gasteiger partial charge in [0.15, 0.2) is 5.84 Å². The second kappa shape index (κ2) is 9.02. The third-order valence-corrected chi connectivity index (χ3v) is 6.81. The number of hydrogen-bond donors (Lipinski definition) is 1. The minimum atomic E-state index is -0.0229. The van der Waals surface area contributed by atoms with Crippen LogP contribution >= 0.6 is 11.6 Å². The van der Waals surface area contributed by atoms with Crippen molar-refractivity contribution in [3.63, 3.8) is 0 Å². The van der Waals surface area contributed by atoms with Gasteiger partial charge in [0.25, 0.3) is 0 Å². The van der Waals surface area contributed by atoms with E-state index in [-0.39, 0.29) is 6.04 Å². The van der Waals surface area contributed by atoms with Gasteiger partial charge in [-0.25, -0.2) is 10.00 Å². The van der Waals surface area contributed by atoms with Crippen LogP contribution in [0.1, 0.15) is 46.6 Å². The first-order valence-corrected chi connectivity index (χ1v) is 12.4. The molecule has 1 aliphatic heterocycles. The van der Waals surface area contributed by atoms with Gasteiger partial charge in [-0.05, 0) is 80.0 Å². The summed E-state index contributed by atoms with van der Waals surface area (Å²) in [6.45, 7) is 4.74. The molecule has 4 aromatic rings. The molecule has 1 aliphatic carbocycles. The smallest absolute Gasteiger partial charge is 0.248 e. The molecule has 0 amide bonds. The number of aryl methyl sites for hydroxylation is 2. The molecule has 6 nitrogen and oxygen atoms in total. The molecular weight excluding hydrogens is 460 g/mol. The SMILES string of the molecule is Cc1ccc(C[C@@H]2CONC(c3cc4cc(Cl)cn4nc3Oc3cccc(C4CC4)c3)=N2)c(C)c1. The van der Waals surface area contributed by atoms with Gasteiger partial charge in [-0.15, -0.1) is 5.10 Å². The van der Waals surface area contributed by atoms with E-state index in [1.807, 2.05) is 24.3 Å². The van der Waals surface area contributed by atoms with Crippen molar-refractivity contribution < 1.29 is 9.57 Å². The highest BCUT2D eigenvalue weighted by atomic mass is 35.5. The summed E-state index contributed by atoms with van der Waals surface area (Å²) in [6, 6.07) is 18.6. The molecule has 1 N–H and O–H groups in total. The zero-order chi connectivity index (χ0) is 23.9. The Morgan fingerprint density at radius 1 is 1.11 bits per heavy atom. The van der Waals surface area contributed by atoms with Crippen molar-refractivity contribution in [2.24, 2.45) is 4.99 Å². The van der Waals surface area contributed by atoms with Gasteiger partial charge in [0.05, 0.1) is 28.8 Å². The number of hydroxylamine groups is 1. The van der Waals surface area contributed by atoms with Gasteiger partial charge in [0.1, 0.15) is 5.75 Å². The molecular formula is C28H27ClN4O2. The van der Waals surface area contributed by atoms with E-state index < -0.39 is 0 Å². The number of aromatic nitrogens is 2. The van der Waals surface area contributed by atoms with E-state index in [4.69, 9.17) is 31.3 Å². The molecule has 0 radical (unpaired) electrons. The molecule has 0 unspecified atom stereocenters. The maximum Gasteiger partial charge on any atom is 0.248 e. The lowest BCUT2D eigenvalue weighted by atomic mass is 9.99. The maximum atomic E-state index is 6.33. The van der Waals surface area contributed by atoms with Crippen molar-refractivity contribution in [2.75, 3.05) is 6.61 Å². The fourth-order valence-electron chi connectivity index (χ4n) is 4.61. The van der Waals surface area contributed by atoms with Crippen LogP contribution in [0.4, 0.5) is 0 Å². The lowest BCUT2D eigenvalue weighted by Crippen LogP contribution is -2.37. The molecule has 2 aliphatic rings. The molecule has 178 valence electrons. The Bertz CT molecular complexity index is 1440. The molecule has 1 saturated carbocycles. The molecule has 0 bridgehead atoms. The molecule has 1 atom stereocenters. The van der Waals surface area contributed by atoms with E-state index in [0.717, 1.165) is 23.3 Å². The number of fused-ring (bicyclic) bond motifs is 1. The first-order valence-electron chi connectivity index (χ1n) is 12.0. The Morgan fingerprint density at radius 3 is 2.83 bits per heavy atom. The topological polar surface area (TPSA) is 60.2 Å². The van der Waals surface area contributed by atoms with Gasteiger partial charge < -0.3 is 4.74 Å². The number of hydrogen-bond acceptors (Lipinski definition) is 5. The van der Waals surface area contributed by atoms with Crippen LogP contribution in [0.2, 0.25) is 5.02 Å². The largest absolute Gasteiger partial charge is 0.437 e. The summed E-state index contributed by atoms with van der Waals surface area (Å²) in [5.41, 5.74) is 9.69. The Morgan fingerprint density at radius 2 is 2.00 bits per heavy atom. The average molecular weight is 487 g/mol. The number of amidine groups is 1. The number of nitrogens with zero attached hydrogens (tertiary/aromatic N) is 3. The first-order chi connectivity index (χ1) is 17.0. The number of halogens is 1. The Kier molecular flexibility index (Phi) is 5.71. The van der Waals surface area contributed by atoms with Gasteiger partial charge in [0, 0.05) is 6.20 Å². The van der Waals surface area contributed by atoms with Crippen LogP contribution in [0.3, 0.4) is 0 Å². The van der Waals surface area contributed by atoms with Crippen LogP contribution in [-0.4, -0.2) is 28.1 Å². The Balaban J connectivity index is 1.36. The fourth-order valence-corrected chi connectivity index (χ4v) is 4.81. The standard InChI is InChI=1S/C28H27ClN4O2/c1-17-6-7-20(18(2)10-17)11-23-16-34-32-27(30-23)26-14-24-13-22(29)15-33(24)31-28(26)35-25-5-3-4-21(12-25)19-8-9-19/h3-7,10,12-15,19,23H,8-9,11,16H2,1-2H3,(H,30,32)/t23-/m1/s1. The summed E-state index contributed by atoms with van der Waals surface area (Å²) in [5, 5.41) is 5.33. The van der Waals surface area contributed by atoms with Crippen molar-refractivity contribution in [3.8, 4) is 11.6 Å². The third kappa shape index (κ3) is 4.77. The second-order valence-electron chi connectivity index (χ2n) is 9.52. The third-order valence-electron chi connectivity index (χ3n) is 6.60. The molecule has 6 rings (SSSR count). The van der Waals surface area contributed by atoms with Crippen LogP contribution in [0.15, 0.2) is 65.8 Å². The van der Waals surface area contributed by atoms with E-state index in [2.05, 4.69) is 49.7 Å². The van der Waals surface area contributed by atoms with Crippen LogP contribution in [0.25, 0.3) is 5.52 Å². The Hall–Kier alpha value is -3.35. The highest BCUT2D eigenvalue weighted by Crippen LogP contribution is 2.41. The van der Waals surface area contributed by atoms with Crippen molar-refractivity contribution in [2.45, 2.75) is 45.1 Å². The number of nitrogens with one attached hydrogen (secondary N) is 1. The quantitative estimate of drug-likeness (QED) is 0.354. The van der Waals surface area contributed by atoms with Gasteiger partial charge in [-0.2, -0.15) is 0 Å². The van der Waals surface area contributed by atoms with Crippen LogP contribution in [-0.2, 0) is 11.3 Å². The fraction of sp³-hybridized carbons (Fsp3) is 0.286. The zero-order valence-electron chi connectivity index (χ0n) is 19.8. The van der Waals surface area contributed by atoms with Crippen molar-refractivity contribution in [3.05, 3.63) is 93.6 Å². The van der Waals surface area contributed by atoms with E-state index in [1.54, 1.807) is 10.7 Å². The van der Waals surface area contributed by atoms with Crippen molar-refractivity contribution >= 4 is 23.0 Å². The molecule has 0 spiro atoms. The summed E-state index contributed by atoms with van der Waals surface area (Å²) in [4.78, 5) is 10.8. The first kappa shape index (κ1) is 22.1. The molecule has 0 saturated heterocycles. The lowest BCUT2D eigenvalue weighted by Gasteiger charge is -2.23. The monoisotopic (exact) mass is 486 g/mol. The summed E-state index contributed by atoms with van der Waals surface area (Å²) < 4.78 is 8.06. The van der Waals surface area contributed by atoms with E-state index >= 15 is 0 Å². The highest BCUT2D eigenvalue weighted by molar-refractivity contribution is 6.31. The number of ether oxygens (including phenoxy) is 1. The van der Waals surface area contributed by atoms with E-state index in [1.165, 1.54) is 35.1 Å². The average Bonchev–Trinajstić information content (AvgIpc) is 3.63. The Labute approximate surface area is 209 Å². The van der Waals surface area contributed by atoms with E-state index in [0.29, 0.717) is 29.3 Å². The number of rotatable bonds is 6. The minimum Gasteiger partial charge on any atom is -0.437 e. The van der Waals surface area contributed by atoms with Crippen LogP contribution in [0, 0.1) is 13.8 Å². The summed E-state index contributed by atoms with van der Waals surface area (Å²) in [5.74, 6) is 2.44. The van der Waals surface area contributed by atoms with Crippen LogP contribution in [0.5, 0.6) is 11.6 Å². The molecule has 2 aromatic carbocycles. The van der Waals surface area contributed by atoms with E-state index in [9.17, 15) is 0 Å². The molecule has 7 heteroatoms. The lowest BCUT2D eigenvalue weighted by molar-refractivity contribution is 0.0623. The second-order valence-corrected chi connectivity index (χ2v) is 9.95. The van der Waals surface area contributed by atoms with Crippen molar-refractivity contribution in [1.29, 1.82) is 0 Å². The predicted octanol–water partition coefficient (Wildman–Crippen LogP) is 6.17. The zero-order valence-corrected chi connectivity index (χ0v) is 20.5. The van der Waals surface area contributed by atoms with Crippen molar-refractivity contribution in [1.82, 2.24) is 15.1 Å². The normalized spacial score (nSPS) is 17.8. The minimum absolute atomic E-state index is 0.0229. The predicted molar refractivity (Wildman–Crippen MR) is 138 cm³/mol.